The van der Waals surface area contributed by atoms with Gasteiger partial charge in [0.25, 0.3) is 0 Å². The number of hydrogen-bond donors (Lipinski definition) is 0. The fourth-order valence-corrected chi connectivity index (χ4v) is 11.7. The summed E-state index contributed by atoms with van der Waals surface area (Å²) in [6.45, 7) is 17.7. The highest BCUT2D eigenvalue weighted by Crippen LogP contribution is 2.76. The van der Waals surface area contributed by atoms with Gasteiger partial charge in [-0.2, -0.15) is 0 Å². The molecular formula is C35H52O5. The predicted octanol–water partition coefficient (Wildman–Crippen LogP) is 7.44. The van der Waals surface area contributed by atoms with Gasteiger partial charge in [0.1, 0.15) is 0 Å². The molecule has 0 aromatic rings. The maximum Gasteiger partial charge on any atom is 0.312 e. The Morgan fingerprint density at radius 3 is 2.27 bits per heavy atom. The van der Waals surface area contributed by atoms with Crippen LogP contribution in [0.25, 0.3) is 0 Å². The van der Waals surface area contributed by atoms with Crippen LogP contribution in [-0.2, 0) is 23.8 Å². The molecule has 6 aliphatic rings. The van der Waals surface area contributed by atoms with Crippen LogP contribution < -0.4 is 0 Å². The summed E-state index contributed by atoms with van der Waals surface area (Å²) in [6, 6.07) is 0. The smallest absolute Gasteiger partial charge is 0.312 e. The number of carbonyl (C=O) groups is 2. The quantitative estimate of drug-likeness (QED) is 0.263. The Morgan fingerprint density at radius 1 is 0.950 bits per heavy atom. The maximum absolute atomic E-state index is 14.6. The highest BCUT2D eigenvalue weighted by Gasteiger charge is 2.73. The van der Waals surface area contributed by atoms with Crippen LogP contribution in [0.15, 0.2) is 23.8 Å². The molecule has 0 amide bonds. The monoisotopic (exact) mass is 552 g/mol. The molecular weight excluding hydrogens is 500 g/mol. The summed E-state index contributed by atoms with van der Waals surface area (Å²) in [6.07, 6.45) is 15.0. The van der Waals surface area contributed by atoms with E-state index in [1.807, 2.05) is 0 Å². The number of hydrogen-bond acceptors (Lipinski definition) is 5. The lowest BCUT2D eigenvalue weighted by molar-refractivity contribution is -0.277. The minimum Gasteiger partial charge on any atom is -0.469 e. The zero-order chi connectivity index (χ0) is 29.0. The zero-order valence-corrected chi connectivity index (χ0v) is 26.3. The lowest BCUT2D eigenvalue weighted by Crippen LogP contribution is -2.67. The van der Waals surface area contributed by atoms with E-state index >= 15 is 0 Å². The molecule has 1 aliphatic heterocycles. The van der Waals surface area contributed by atoms with E-state index in [4.69, 9.17) is 14.2 Å². The third kappa shape index (κ3) is 3.34. The van der Waals surface area contributed by atoms with Crippen molar-refractivity contribution < 1.29 is 23.8 Å². The van der Waals surface area contributed by atoms with E-state index in [0.717, 1.165) is 57.8 Å². The standard InChI is InChI=1S/C35H52O5/c1-9-11-32(6)25-10-12-31(5)26(30(25,4)14-18-35(32)39-19-20-40-35)21-24(36)27-23-22-29(2,3)13-16-34(23,28(37)38-8)17-15-33(27,31)7/h9,11,21,23,25,27H,10,12-20,22H2,1-8H3/b11-9-/t23-,25+,27-,30-,31+,32-,33+,34-/m0/s1. The molecule has 1 spiro atoms. The second-order valence-corrected chi connectivity index (χ2v) is 16.1. The first-order chi connectivity index (χ1) is 18.7. The molecule has 1 saturated heterocycles. The van der Waals surface area contributed by atoms with E-state index < -0.39 is 11.2 Å². The second-order valence-electron chi connectivity index (χ2n) is 16.1. The van der Waals surface area contributed by atoms with E-state index in [9.17, 15) is 9.59 Å². The summed E-state index contributed by atoms with van der Waals surface area (Å²) in [5, 5.41) is 0. The Hall–Kier alpha value is -1.46. The average molecular weight is 553 g/mol. The Balaban J connectivity index is 1.47. The first-order valence-electron chi connectivity index (χ1n) is 16.0. The van der Waals surface area contributed by atoms with Crippen LogP contribution in [0.5, 0.6) is 0 Å². The highest BCUT2D eigenvalue weighted by molar-refractivity contribution is 5.96. The molecule has 5 aliphatic carbocycles. The van der Waals surface area contributed by atoms with Crippen molar-refractivity contribution >= 4 is 11.8 Å². The molecule has 0 unspecified atom stereocenters. The Labute approximate surface area is 241 Å². The van der Waals surface area contributed by atoms with Gasteiger partial charge in [0.15, 0.2) is 11.6 Å². The van der Waals surface area contributed by atoms with Gasteiger partial charge in [0.05, 0.1) is 25.7 Å². The van der Waals surface area contributed by atoms with Gasteiger partial charge in [-0.15, -0.1) is 0 Å². The number of ether oxygens (including phenoxy) is 3. The van der Waals surface area contributed by atoms with Crippen LogP contribution in [-0.4, -0.2) is 37.9 Å². The summed E-state index contributed by atoms with van der Waals surface area (Å²) in [4.78, 5) is 28.1. The number of carbonyl (C=O) groups excluding carboxylic acids is 2. The van der Waals surface area contributed by atoms with Gasteiger partial charge in [-0.3, -0.25) is 9.59 Å². The molecule has 4 saturated carbocycles. The Kier molecular flexibility index (Phi) is 6.29. The summed E-state index contributed by atoms with van der Waals surface area (Å²) in [7, 11) is 1.53. The van der Waals surface area contributed by atoms with Gasteiger partial charge in [-0.1, -0.05) is 59.3 Å². The molecule has 0 bridgehead atoms. The number of rotatable bonds is 2. The molecule has 222 valence electrons. The van der Waals surface area contributed by atoms with Crippen LogP contribution in [0.3, 0.4) is 0 Å². The summed E-state index contributed by atoms with van der Waals surface area (Å²) < 4.78 is 18.4. The molecule has 1 heterocycles. The molecule has 5 heteroatoms. The van der Waals surface area contributed by atoms with Crippen molar-refractivity contribution in [3.63, 3.8) is 0 Å². The van der Waals surface area contributed by atoms with Crippen molar-refractivity contribution in [1.29, 1.82) is 0 Å². The van der Waals surface area contributed by atoms with Gasteiger partial charge < -0.3 is 14.2 Å². The van der Waals surface area contributed by atoms with Crippen LogP contribution >= 0.6 is 0 Å². The SMILES string of the molecule is C/C=C\[C@@]1(C)[C@@H]2CC[C@]3(C)C(=CC(=O)[C@@H]4[C@@H]5CC(C)(C)CC[C@]5(C(=O)OC)CC[C@]43C)[C@@]2(C)CCC12OCCO2. The number of esters is 1. The van der Waals surface area contributed by atoms with Crippen molar-refractivity contribution in [2.75, 3.05) is 20.3 Å². The van der Waals surface area contributed by atoms with Crippen molar-refractivity contribution in [3.05, 3.63) is 23.8 Å². The van der Waals surface area contributed by atoms with Crippen LogP contribution in [0.4, 0.5) is 0 Å². The molecule has 5 nitrogen and oxygen atoms in total. The van der Waals surface area contributed by atoms with Gasteiger partial charge in [0.2, 0.25) is 0 Å². The molecule has 0 N–H and O–H groups in total. The van der Waals surface area contributed by atoms with E-state index in [1.165, 1.54) is 12.7 Å². The lowest BCUT2D eigenvalue weighted by atomic mass is 9.33. The molecule has 8 atom stereocenters. The molecule has 5 fully saturated rings. The second kappa shape index (κ2) is 8.78. The number of fused-ring (bicyclic) bond motifs is 7. The topological polar surface area (TPSA) is 61.8 Å². The number of allylic oxidation sites excluding steroid dienone is 3. The first kappa shape index (κ1) is 28.6. The lowest BCUT2D eigenvalue weighted by Gasteiger charge is -2.70. The number of ketones is 1. The van der Waals surface area contributed by atoms with E-state index in [1.54, 1.807) is 0 Å². The van der Waals surface area contributed by atoms with Crippen molar-refractivity contribution in [3.8, 4) is 0 Å². The Bertz CT molecular complexity index is 1160. The molecule has 0 aromatic carbocycles. The fraction of sp³-hybridized carbons (Fsp3) is 0.829. The third-order valence-corrected chi connectivity index (χ3v) is 14.1. The van der Waals surface area contributed by atoms with Crippen LogP contribution in [0, 0.1) is 50.2 Å². The predicted molar refractivity (Wildman–Crippen MR) is 155 cm³/mol. The van der Waals surface area contributed by atoms with Gasteiger partial charge >= 0.3 is 5.97 Å². The first-order valence-corrected chi connectivity index (χ1v) is 16.0. The maximum atomic E-state index is 14.6. The zero-order valence-electron chi connectivity index (χ0n) is 26.3. The average Bonchev–Trinajstić information content (AvgIpc) is 3.38. The normalized spacial score (nSPS) is 49.0. The highest BCUT2D eigenvalue weighted by atomic mass is 16.7. The van der Waals surface area contributed by atoms with Crippen molar-refractivity contribution in [2.24, 2.45) is 50.2 Å². The van der Waals surface area contributed by atoms with E-state index in [2.05, 4.69) is 66.7 Å². The largest absolute Gasteiger partial charge is 0.469 e. The van der Waals surface area contributed by atoms with E-state index in [0.29, 0.717) is 19.1 Å². The third-order valence-electron chi connectivity index (χ3n) is 14.1. The van der Waals surface area contributed by atoms with Gasteiger partial charge in [0, 0.05) is 17.8 Å². The molecule has 0 radical (unpaired) electrons. The molecule has 40 heavy (non-hydrogen) atoms. The van der Waals surface area contributed by atoms with Gasteiger partial charge in [-0.25, -0.2) is 0 Å². The minimum atomic E-state index is -0.582. The molecule has 0 aromatic heterocycles. The van der Waals surface area contributed by atoms with Crippen LogP contribution in [0.1, 0.15) is 106 Å². The fourth-order valence-electron chi connectivity index (χ4n) is 11.7. The van der Waals surface area contributed by atoms with Gasteiger partial charge in [-0.05, 0) is 97.9 Å². The van der Waals surface area contributed by atoms with Crippen LogP contribution in [0.2, 0.25) is 0 Å². The summed E-state index contributed by atoms with van der Waals surface area (Å²) >= 11 is 0. The minimum absolute atomic E-state index is 0.0262. The van der Waals surface area contributed by atoms with Crippen molar-refractivity contribution in [1.82, 2.24) is 0 Å². The molecule has 6 rings (SSSR count). The summed E-state index contributed by atoms with van der Waals surface area (Å²) in [5.41, 5.74) is 0.268. The summed E-state index contributed by atoms with van der Waals surface area (Å²) in [5.74, 6) is -0.210. The Morgan fingerprint density at radius 2 is 1.62 bits per heavy atom. The van der Waals surface area contributed by atoms with Crippen molar-refractivity contribution in [2.45, 2.75) is 112 Å². The number of methoxy groups -OCH3 is 1. The van der Waals surface area contributed by atoms with E-state index in [-0.39, 0.29) is 50.7 Å².